The molecule has 0 spiro atoms. The summed E-state index contributed by atoms with van der Waals surface area (Å²) in [6.07, 6.45) is 3.36. The van der Waals surface area contributed by atoms with Gasteiger partial charge in [-0.2, -0.15) is 5.26 Å². The minimum absolute atomic E-state index is 0.301. The third kappa shape index (κ3) is 4.55. The number of pyridine rings is 1. The molecule has 0 aliphatic heterocycles. The van der Waals surface area contributed by atoms with E-state index in [1.54, 1.807) is 35.9 Å². The van der Waals surface area contributed by atoms with Crippen molar-refractivity contribution in [2.45, 2.75) is 0 Å². The van der Waals surface area contributed by atoms with Crippen molar-refractivity contribution < 1.29 is 4.79 Å². The summed E-state index contributed by atoms with van der Waals surface area (Å²) in [5.41, 5.74) is 2.12. The number of nitriles is 1. The Morgan fingerprint density at radius 2 is 2.08 bits per heavy atom. The van der Waals surface area contributed by atoms with Crippen LogP contribution in [0.2, 0.25) is 0 Å². The summed E-state index contributed by atoms with van der Waals surface area (Å²) in [4.78, 5) is 20.4. The van der Waals surface area contributed by atoms with Gasteiger partial charge in [-0.3, -0.25) is 0 Å². The molecule has 3 rings (SSSR count). The van der Waals surface area contributed by atoms with E-state index in [-0.39, 0.29) is 6.03 Å². The Morgan fingerprint density at radius 3 is 2.88 bits per heavy atom. The van der Waals surface area contributed by atoms with Crippen LogP contribution in [0.5, 0.6) is 0 Å². The summed E-state index contributed by atoms with van der Waals surface area (Å²) < 4.78 is 0. The lowest BCUT2D eigenvalue weighted by Crippen LogP contribution is -2.32. The molecule has 26 heavy (non-hydrogen) atoms. The minimum Gasteiger partial charge on any atom is -0.367 e. The van der Waals surface area contributed by atoms with E-state index in [0.29, 0.717) is 30.2 Å². The van der Waals surface area contributed by atoms with E-state index in [2.05, 4.69) is 32.0 Å². The van der Waals surface area contributed by atoms with Crippen molar-refractivity contribution in [3.8, 4) is 16.6 Å². The Bertz CT molecular complexity index is 919. The van der Waals surface area contributed by atoms with E-state index in [4.69, 9.17) is 5.26 Å². The maximum absolute atomic E-state index is 12.0. The first-order chi connectivity index (χ1) is 12.8. The van der Waals surface area contributed by atoms with Crippen LogP contribution in [0, 0.1) is 11.3 Å². The largest absolute Gasteiger partial charge is 0.367 e. The zero-order chi connectivity index (χ0) is 18.2. The highest BCUT2D eigenvalue weighted by atomic mass is 32.1. The fourth-order valence-corrected chi connectivity index (χ4v) is 2.90. The van der Waals surface area contributed by atoms with Crippen molar-refractivity contribution in [3.05, 3.63) is 59.7 Å². The highest BCUT2D eigenvalue weighted by molar-refractivity contribution is 7.13. The van der Waals surface area contributed by atoms with Crippen molar-refractivity contribution in [1.82, 2.24) is 15.3 Å². The number of carbonyl (C=O) groups excluding carboxylic acids is 1. The Kier molecular flexibility index (Phi) is 5.75. The van der Waals surface area contributed by atoms with Crippen LogP contribution in [0.1, 0.15) is 5.56 Å². The zero-order valence-corrected chi connectivity index (χ0v) is 14.6. The fourth-order valence-electron chi connectivity index (χ4n) is 2.26. The summed E-state index contributed by atoms with van der Waals surface area (Å²) in [5.74, 6) is 0.508. The molecule has 0 radical (unpaired) electrons. The Hall–Kier alpha value is -3.44. The molecule has 0 unspecified atom stereocenters. The van der Waals surface area contributed by atoms with Gasteiger partial charge in [-0.1, -0.05) is 12.1 Å². The number of nitrogens with zero attached hydrogens (tertiary/aromatic N) is 3. The van der Waals surface area contributed by atoms with E-state index in [9.17, 15) is 4.79 Å². The van der Waals surface area contributed by atoms with E-state index in [1.165, 1.54) is 0 Å². The minimum atomic E-state index is -0.301. The molecule has 0 fully saturated rings. The summed E-state index contributed by atoms with van der Waals surface area (Å²) in [7, 11) is 0. The first-order valence-electron chi connectivity index (χ1n) is 7.90. The highest BCUT2D eigenvalue weighted by Crippen LogP contribution is 2.24. The van der Waals surface area contributed by atoms with Gasteiger partial charge in [0.1, 0.15) is 16.9 Å². The molecule has 2 heterocycles. The van der Waals surface area contributed by atoms with Crippen molar-refractivity contribution in [3.63, 3.8) is 0 Å². The number of urea groups is 1. The van der Waals surface area contributed by atoms with Crippen LogP contribution < -0.4 is 16.0 Å². The molecule has 3 aromatic rings. The molecule has 1 aromatic carbocycles. The molecule has 3 N–H and O–H groups in total. The molecular weight excluding hydrogens is 348 g/mol. The van der Waals surface area contributed by atoms with Gasteiger partial charge in [-0.05, 0) is 24.3 Å². The average molecular weight is 364 g/mol. The van der Waals surface area contributed by atoms with Gasteiger partial charge in [-0.15, -0.1) is 11.3 Å². The lowest BCUT2D eigenvalue weighted by molar-refractivity contribution is 0.252. The molecular formula is C18H16N6OS. The molecule has 7 nitrogen and oxygen atoms in total. The number of hydrogen-bond donors (Lipinski definition) is 3. The predicted molar refractivity (Wildman–Crippen MR) is 102 cm³/mol. The first kappa shape index (κ1) is 17.4. The van der Waals surface area contributed by atoms with Crippen LogP contribution in [-0.2, 0) is 0 Å². The summed E-state index contributed by atoms with van der Waals surface area (Å²) in [5, 5.41) is 20.4. The Balaban J connectivity index is 1.47. The molecule has 0 saturated heterocycles. The van der Waals surface area contributed by atoms with Gasteiger partial charge in [0.25, 0.3) is 0 Å². The number of anilines is 2. The van der Waals surface area contributed by atoms with Crippen LogP contribution in [0.4, 0.5) is 16.3 Å². The molecule has 0 aliphatic rings. The molecule has 0 aliphatic carbocycles. The third-order valence-electron chi connectivity index (χ3n) is 3.43. The standard InChI is InChI=1S/C18H16N6OS/c19-12-14-4-2-6-20-16(14)21-7-8-23-18(25)24-15-5-1-3-13(11-15)17-22-9-10-26-17/h1-6,9-11H,7-8H2,(H,20,21)(H2,23,24,25). The number of nitrogens with one attached hydrogen (secondary N) is 3. The van der Waals surface area contributed by atoms with Crippen LogP contribution in [0.25, 0.3) is 10.6 Å². The van der Waals surface area contributed by atoms with Gasteiger partial charge in [0.15, 0.2) is 0 Å². The topological polar surface area (TPSA) is 103 Å². The maximum Gasteiger partial charge on any atom is 0.319 e. The van der Waals surface area contributed by atoms with Gasteiger partial charge in [-0.25, -0.2) is 14.8 Å². The normalized spacial score (nSPS) is 9.96. The maximum atomic E-state index is 12.0. The van der Waals surface area contributed by atoms with Crippen molar-refractivity contribution in [2.75, 3.05) is 23.7 Å². The molecule has 8 heteroatoms. The predicted octanol–water partition coefficient (Wildman–Crippen LogP) is 3.31. The van der Waals surface area contributed by atoms with Crippen LogP contribution >= 0.6 is 11.3 Å². The lowest BCUT2D eigenvalue weighted by atomic mass is 10.2. The number of hydrogen-bond acceptors (Lipinski definition) is 6. The molecule has 0 atom stereocenters. The van der Waals surface area contributed by atoms with Gasteiger partial charge >= 0.3 is 6.03 Å². The lowest BCUT2D eigenvalue weighted by Gasteiger charge is -2.10. The molecule has 0 saturated carbocycles. The third-order valence-corrected chi connectivity index (χ3v) is 4.25. The molecule has 0 bridgehead atoms. The van der Waals surface area contributed by atoms with Gasteiger partial charge in [0.05, 0.1) is 5.56 Å². The van der Waals surface area contributed by atoms with Crippen LogP contribution in [0.3, 0.4) is 0 Å². The van der Waals surface area contributed by atoms with Crippen LogP contribution in [-0.4, -0.2) is 29.1 Å². The van der Waals surface area contributed by atoms with Crippen molar-refractivity contribution in [1.29, 1.82) is 5.26 Å². The summed E-state index contributed by atoms with van der Waals surface area (Å²) >= 11 is 1.54. The van der Waals surface area contributed by atoms with Gasteiger partial charge in [0, 0.05) is 42.1 Å². The fraction of sp³-hybridized carbons (Fsp3) is 0.111. The van der Waals surface area contributed by atoms with Crippen molar-refractivity contribution in [2.24, 2.45) is 0 Å². The van der Waals surface area contributed by atoms with E-state index in [0.717, 1.165) is 10.6 Å². The number of aromatic nitrogens is 2. The quantitative estimate of drug-likeness (QED) is 0.582. The number of carbonyl (C=O) groups is 1. The van der Waals surface area contributed by atoms with Gasteiger partial charge < -0.3 is 16.0 Å². The Labute approximate surface area is 154 Å². The zero-order valence-electron chi connectivity index (χ0n) is 13.8. The Morgan fingerprint density at radius 1 is 1.15 bits per heavy atom. The molecule has 2 amide bonds. The molecule has 2 aromatic heterocycles. The second-order valence-corrected chi connectivity index (χ2v) is 6.13. The number of amides is 2. The number of rotatable bonds is 6. The van der Waals surface area contributed by atoms with E-state index >= 15 is 0 Å². The second kappa shape index (κ2) is 8.60. The smallest absolute Gasteiger partial charge is 0.319 e. The van der Waals surface area contributed by atoms with Crippen molar-refractivity contribution >= 4 is 28.9 Å². The number of benzene rings is 1. The SMILES string of the molecule is N#Cc1cccnc1NCCNC(=O)Nc1cccc(-c2nccs2)c1. The second-order valence-electron chi connectivity index (χ2n) is 5.24. The van der Waals surface area contributed by atoms with Gasteiger partial charge in [0.2, 0.25) is 0 Å². The molecule has 130 valence electrons. The number of thiazole rings is 1. The summed E-state index contributed by atoms with van der Waals surface area (Å²) in [6, 6.07) is 12.7. The summed E-state index contributed by atoms with van der Waals surface area (Å²) in [6.45, 7) is 0.845. The highest BCUT2D eigenvalue weighted by Gasteiger charge is 2.05. The van der Waals surface area contributed by atoms with E-state index < -0.39 is 0 Å². The van der Waals surface area contributed by atoms with E-state index in [1.807, 2.05) is 29.6 Å². The first-order valence-corrected chi connectivity index (χ1v) is 8.78. The average Bonchev–Trinajstić information content (AvgIpc) is 3.20. The monoisotopic (exact) mass is 364 g/mol. The van der Waals surface area contributed by atoms with Crippen LogP contribution in [0.15, 0.2) is 54.2 Å².